The lowest BCUT2D eigenvalue weighted by molar-refractivity contribution is 0.0942. The van der Waals surface area contributed by atoms with Crippen LogP contribution in [0.2, 0.25) is 0 Å². The van der Waals surface area contributed by atoms with Crippen LogP contribution in [-0.4, -0.2) is 24.5 Å². The summed E-state index contributed by atoms with van der Waals surface area (Å²) in [5, 5.41) is 3.49. The highest BCUT2D eigenvalue weighted by Gasteiger charge is 2.20. The molecule has 0 amide bonds. The van der Waals surface area contributed by atoms with Crippen molar-refractivity contribution in [1.82, 2.24) is 5.32 Å². The van der Waals surface area contributed by atoms with Crippen LogP contribution >= 0.6 is 0 Å². The molecule has 0 saturated heterocycles. The number of carbonyl (C=O) groups is 1. The zero-order chi connectivity index (χ0) is 15.9. The van der Waals surface area contributed by atoms with Crippen molar-refractivity contribution < 1.29 is 9.53 Å². The predicted octanol–water partition coefficient (Wildman–Crippen LogP) is 3.55. The van der Waals surface area contributed by atoms with Crippen molar-refractivity contribution in [2.45, 2.75) is 64.5 Å². The second kappa shape index (κ2) is 8.18. The molecule has 122 valence electrons. The van der Waals surface area contributed by atoms with Gasteiger partial charge >= 0.3 is 0 Å². The fourth-order valence-corrected chi connectivity index (χ4v) is 3.11. The number of hydrogen-bond donors (Lipinski definition) is 2. The topological polar surface area (TPSA) is 64.3 Å². The Kier molecular flexibility index (Phi) is 6.25. The van der Waals surface area contributed by atoms with E-state index < -0.39 is 0 Å². The number of nitrogens with one attached hydrogen (secondary N) is 1. The van der Waals surface area contributed by atoms with E-state index in [0.29, 0.717) is 29.6 Å². The number of nitrogen functional groups attached to an aromatic ring is 1. The fourth-order valence-electron chi connectivity index (χ4n) is 3.11. The van der Waals surface area contributed by atoms with Crippen LogP contribution in [0.1, 0.15) is 62.7 Å². The van der Waals surface area contributed by atoms with Gasteiger partial charge in [-0.05, 0) is 44.9 Å². The highest BCUT2D eigenvalue weighted by atomic mass is 16.5. The number of ether oxygens (including phenoxy) is 1. The van der Waals surface area contributed by atoms with Gasteiger partial charge in [0, 0.05) is 11.6 Å². The zero-order valence-corrected chi connectivity index (χ0v) is 13.7. The lowest BCUT2D eigenvalue weighted by Crippen LogP contribution is -2.41. The van der Waals surface area contributed by atoms with Crippen molar-refractivity contribution in [2.24, 2.45) is 0 Å². The molecule has 0 radical (unpaired) electrons. The molecule has 4 heteroatoms. The van der Waals surface area contributed by atoms with Crippen LogP contribution in [0.25, 0.3) is 0 Å². The second-order valence-corrected chi connectivity index (χ2v) is 6.13. The van der Waals surface area contributed by atoms with E-state index in [4.69, 9.17) is 10.5 Å². The summed E-state index contributed by atoms with van der Waals surface area (Å²) in [4.78, 5) is 12.6. The summed E-state index contributed by atoms with van der Waals surface area (Å²) in [7, 11) is 0. The van der Waals surface area contributed by atoms with E-state index in [9.17, 15) is 4.79 Å². The molecule has 4 nitrogen and oxygen atoms in total. The predicted molar refractivity (Wildman–Crippen MR) is 90.4 cm³/mol. The van der Waals surface area contributed by atoms with Gasteiger partial charge in [0.2, 0.25) is 0 Å². The second-order valence-electron chi connectivity index (χ2n) is 6.13. The molecule has 1 aromatic carbocycles. The zero-order valence-electron chi connectivity index (χ0n) is 13.7. The van der Waals surface area contributed by atoms with Gasteiger partial charge in [-0.3, -0.25) is 4.79 Å². The summed E-state index contributed by atoms with van der Waals surface area (Å²) in [6.45, 7) is 4.42. The van der Waals surface area contributed by atoms with Crippen molar-refractivity contribution in [2.75, 3.05) is 12.3 Å². The average molecular weight is 304 g/mol. The SMILES string of the molecule is CCOc1ccc(C(=O)C(C)NC2CCCCCC2)cc1N. The number of nitrogens with two attached hydrogens (primary N) is 1. The summed E-state index contributed by atoms with van der Waals surface area (Å²) in [6, 6.07) is 5.58. The molecule has 0 spiro atoms. The molecule has 1 unspecified atom stereocenters. The van der Waals surface area contributed by atoms with Crippen LogP contribution in [-0.2, 0) is 0 Å². The standard InChI is InChI=1S/C18H28N2O2/c1-3-22-17-11-10-14(12-16(17)19)18(21)13(2)20-15-8-6-4-5-7-9-15/h10-13,15,20H,3-9,19H2,1-2H3. The van der Waals surface area contributed by atoms with Gasteiger partial charge in [0.05, 0.1) is 18.3 Å². The van der Waals surface area contributed by atoms with E-state index in [2.05, 4.69) is 5.32 Å². The maximum atomic E-state index is 12.6. The largest absolute Gasteiger partial charge is 0.492 e. The third kappa shape index (κ3) is 4.47. The summed E-state index contributed by atoms with van der Waals surface area (Å²) in [5.41, 5.74) is 7.12. The first-order valence-corrected chi connectivity index (χ1v) is 8.44. The van der Waals surface area contributed by atoms with Crippen LogP contribution in [0.15, 0.2) is 18.2 Å². The molecular weight excluding hydrogens is 276 g/mol. The first-order chi connectivity index (χ1) is 10.6. The Bertz CT molecular complexity index is 494. The molecule has 2 rings (SSSR count). The number of Topliss-reactive ketones (excluding diaryl/α,β-unsaturated/α-hetero) is 1. The molecule has 0 bridgehead atoms. The monoisotopic (exact) mass is 304 g/mol. The molecule has 1 fully saturated rings. The van der Waals surface area contributed by atoms with E-state index in [1.165, 1.54) is 38.5 Å². The molecule has 1 aromatic rings. The fraction of sp³-hybridized carbons (Fsp3) is 0.611. The molecule has 0 heterocycles. The number of rotatable bonds is 6. The van der Waals surface area contributed by atoms with Gasteiger partial charge in [0.25, 0.3) is 0 Å². The van der Waals surface area contributed by atoms with Crippen LogP contribution in [0, 0.1) is 0 Å². The molecule has 1 saturated carbocycles. The van der Waals surface area contributed by atoms with Gasteiger partial charge in [-0.1, -0.05) is 25.7 Å². The Balaban J connectivity index is 1.98. The van der Waals surface area contributed by atoms with E-state index >= 15 is 0 Å². The Morgan fingerprint density at radius 2 is 2.00 bits per heavy atom. The third-order valence-electron chi connectivity index (χ3n) is 4.33. The van der Waals surface area contributed by atoms with Crippen molar-refractivity contribution >= 4 is 11.5 Å². The van der Waals surface area contributed by atoms with Crippen LogP contribution in [0.3, 0.4) is 0 Å². The normalized spacial score (nSPS) is 17.7. The lowest BCUT2D eigenvalue weighted by Gasteiger charge is -2.21. The molecule has 0 aromatic heterocycles. The number of benzene rings is 1. The summed E-state index contributed by atoms with van der Waals surface area (Å²) < 4.78 is 5.42. The van der Waals surface area contributed by atoms with E-state index in [-0.39, 0.29) is 11.8 Å². The van der Waals surface area contributed by atoms with Gasteiger partial charge in [-0.25, -0.2) is 0 Å². The summed E-state index contributed by atoms with van der Waals surface area (Å²) in [5.74, 6) is 0.738. The Hall–Kier alpha value is -1.55. The van der Waals surface area contributed by atoms with Crippen LogP contribution < -0.4 is 15.8 Å². The number of hydrogen-bond acceptors (Lipinski definition) is 4. The minimum absolute atomic E-state index is 0.0963. The van der Waals surface area contributed by atoms with E-state index in [1.54, 1.807) is 18.2 Å². The molecule has 0 aliphatic heterocycles. The van der Waals surface area contributed by atoms with Gasteiger partial charge < -0.3 is 15.8 Å². The van der Waals surface area contributed by atoms with Gasteiger partial charge in [-0.15, -0.1) is 0 Å². The van der Waals surface area contributed by atoms with Crippen molar-refractivity contribution in [3.8, 4) is 5.75 Å². The smallest absolute Gasteiger partial charge is 0.179 e. The van der Waals surface area contributed by atoms with Crippen molar-refractivity contribution in [3.05, 3.63) is 23.8 Å². The van der Waals surface area contributed by atoms with Gasteiger partial charge in [-0.2, -0.15) is 0 Å². The average Bonchev–Trinajstić information content (AvgIpc) is 2.77. The lowest BCUT2D eigenvalue weighted by atomic mass is 10.0. The number of ketones is 1. The maximum Gasteiger partial charge on any atom is 0.179 e. The van der Waals surface area contributed by atoms with Crippen molar-refractivity contribution in [3.63, 3.8) is 0 Å². The van der Waals surface area contributed by atoms with Gasteiger partial charge in [0.1, 0.15) is 5.75 Å². The highest BCUT2D eigenvalue weighted by Crippen LogP contribution is 2.23. The molecular formula is C18H28N2O2. The summed E-state index contributed by atoms with van der Waals surface area (Å²) >= 11 is 0. The van der Waals surface area contributed by atoms with Gasteiger partial charge in [0.15, 0.2) is 5.78 Å². The number of carbonyl (C=O) groups excluding carboxylic acids is 1. The van der Waals surface area contributed by atoms with Crippen LogP contribution in [0.4, 0.5) is 5.69 Å². The number of anilines is 1. The molecule has 22 heavy (non-hydrogen) atoms. The minimum Gasteiger partial charge on any atom is -0.492 e. The quantitative estimate of drug-likeness (QED) is 0.479. The third-order valence-corrected chi connectivity index (χ3v) is 4.33. The molecule has 1 atom stereocenters. The molecule has 3 N–H and O–H groups in total. The molecule has 1 aliphatic carbocycles. The Morgan fingerprint density at radius 3 is 2.59 bits per heavy atom. The Morgan fingerprint density at radius 1 is 1.32 bits per heavy atom. The van der Waals surface area contributed by atoms with Crippen molar-refractivity contribution in [1.29, 1.82) is 0 Å². The van der Waals surface area contributed by atoms with Crippen LogP contribution in [0.5, 0.6) is 5.75 Å². The minimum atomic E-state index is -0.180. The van der Waals surface area contributed by atoms with E-state index in [1.807, 2.05) is 13.8 Å². The Labute approximate surface area is 133 Å². The van der Waals surface area contributed by atoms with E-state index in [0.717, 1.165) is 0 Å². The summed E-state index contributed by atoms with van der Waals surface area (Å²) in [6.07, 6.45) is 7.49. The highest BCUT2D eigenvalue weighted by molar-refractivity contribution is 6.00. The first-order valence-electron chi connectivity index (χ1n) is 8.44. The first kappa shape index (κ1) is 16.8. The maximum absolute atomic E-state index is 12.6. The molecule has 1 aliphatic rings.